The van der Waals surface area contributed by atoms with Gasteiger partial charge in [0.1, 0.15) is 18.0 Å². The van der Waals surface area contributed by atoms with E-state index in [0.717, 1.165) is 70.0 Å². The molecule has 2 atom stereocenters. The summed E-state index contributed by atoms with van der Waals surface area (Å²) >= 11 is 0. The number of amides is 1. The van der Waals surface area contributed by atoms with Crippen molar-refractivity contribution in [2.45, 2.75) is 46.5 Å². The highest BCUT2D eigenvalue weighted by molar-refractivity contribution is 5.81. The summed E-state index contributed by atoms with van der Waals surface area (Å²) < 4.78 is 0. The minimum absolute atomic E-state index is 0.109. The molecule has 2 aliphatic rings. The summed E-state index contributed by atoms with van der Waals surface area (Å²) in [6.45, 7) is 10.5. The molecule has 2 unspecified atom stereocenters. The smallest absolute Gasteiger partial charge is 0.225 e. The zero-order valence-electron chi connectivity index (χ0n) is 17.5. The molecular formula is C21H35N5O2. The number of aliphatic hydroxyl groups excluding tert-OH is 1. The molecule has 1 aromatic heterocycles. The van der Waals surface area contributed by atoms with Crippen LogP contribution in [0.4, 0.5) is 11.6 Å². The summed E-state index contributed by atoms with van der Waals surface area (Å²) in [5.74, 6) is 2.79. The first-order valence-electron chi connectivity index (χ1n) is 10.6. The molecule has 2 N–H and O–H groups in total. The summed E-state index contributed by atoms with van der Waals surface area (Å²) in [5.41, 5.74) is -0.350. The number of hydrogen-bond acceptors (Lipinski definition) is 6. The molecule has 3 heterocycles. The van der Waals surface area contributed by atoms with E-state index in [-0.39, 0.29) is 17.9 Å². The normalized spacial score (nSPS) is 23.6. The van der Waals surface area contributed by atoms with Crippen molar-refractivity contribution in [3.8, 4) is 0 Å². The van der Waals surface area contributed by atoms with Gasteiger partial charge in [0.05, 0.1) is 0 Å². The molecule has 0 aliphatic carbocycles. The Morgan fingerprint density at radius 3 is 2.25 bits per heavy atom. The van der Waals surface area contributed by atoms with Crippen LogP contribution in [0.15, 0.2) is 12.4 Å². The van der Waals surface area contributed by atoms with Gasteiger partial charge in [0.15, 0.2) is 0 Å². The first-order chi connectivity index (χ1) is 13.4. The Hall–Kier alpha value is -1.89. The molecule has 0 saturated carbocycles. The molecule has 7 heteroatoms. The highest BCUT2D eigenvalue weighted by Crippen LogP contribution is 2.26. The molecular weight excluding hydrogens is 354 g/mol. The van der Waals surface area contributed by atoms with E-state index < -0.39 is 0 Å². The molecule has 7 nitrogen and oxygen atoms in total. The van der Waals surface area contributed by atoms with Gasteiger partial charge in [-0.2, -0.15) is 0 Å². The van der Waals surface area contributed by atoms with Crippen molar-refractivity contribution >= 4 is 17.5 Å². The SMILES string of the molecule is CC(C)(C)C(=O)NCC1CCCN(c2cc(N3CCCC(CO)C3)ncn2)C1. The third kappa shape index (κ3) is 5.34. The van der Waals surface area contributed by atoms with Gasteiger partial charge >= 0.3 is 0 Å². The van der Waals surface area contributed by atoms with Gasteiger partial charge in [0.2, 0.25) is 5.91 Å². The third-order valence-corrected chi connectivity index (χ3v) is 5.81. The lowest BCUT2D eigenvalue weighted by atomic mass is 9.94. The van der Waals surface area contributed by atoms with E-state index in [4.69, 9.17) is 0 Å². The van der Waals surface area contributed by atoms with Crippen molar-refractivity contribution in [3.63, 3.8) is 0 Å². The van der Waals surface area contributed by atoms with Gasteiger partial charge in [-0.3, -0.25) is 4.79 Å². The molecule has 2 aliphatic heterocycles. The fraction of sp³-hybridized carbons (Fsp3) is 0.762. The average molecular weight is 390 g/mol. The summed E-state index contributed by atoms with van der Waals surface area (Å²) in [7, 11) is 0. The maximum Gasteiger partial charge on any atom is 0.225 e. The van der Waals surface area contributed by atoms with Crippen LogP contribution in [0, 0.1) is 17.3 Å². The second-order valence-electron chi connectivity index (χ2n) is 9.29. The van der Waals surface area contributed by atoms with Crippen LogP contribution in [0.1, 0.15) is 46.5 Å². The quantitative estimate of drug-likeness (QED) is 0.802. The highest BCUT2D eigenvalue weighted by Gasteiger charge is 2.26. The van der Waals surface area contributed by atoms with E-state index >= 15 is 0 Å². The van der Waals surface area contributed by atoms with Crippen LogP contribution in [0.5, 0.6) is 0 Å². The maximum atomic E-state index is 12.2. The predicted molar refractivity (Wildman–Crippen MR) is 111 cm³/mol. The molecule has 0 spiro atoms. The van der Waals surface area contributed by atoms with Crippen LogP contribution in [0.2, 0.25) is 0 Å². The number of nitrogens with zero attached hydrogens (tertiary/aromatic N) is 4. The predicted octanol–water partition coefficient (Wildman–Crippen LogP) is 2.06. The Bertz CT molecular complexity index is 660. The van der Waals surface area contributed by atoms with Gasteiger partial charge < -0.3 is 20.2 Å². The van der Waals surface area contributed by atoms with E-state index in [1.54, 1.807) is 6.33 Å². The molecule has 28 heavy (non-hydrogen) atoms. The average Bonchev–Trinajstić information content (AvgIpc) is 2.71. The number of aliphatic hydroxyl groups is 1. The lowest BCUT2D eigenvalue weighted by Crippen LogP contribution is -2.44. The standard InChI is InChI=1S/C21H35N5O2/c1-21(2,3)20(28)22-11-16-6-4-8-25(12-16)18-10-19(24-15-23-18)26-9-5-7-17(13-26)14-27/h10,15-17,27H,4-9,11-14H2,1-3H3,(H,22,28). The number of nitrogens with one attached hydrogen (secondary N) is 1. The number of anilines is 2. The molecule has 0 radical (unpaired) electrons. The van der Waals surface area contributed by atoms with Crippen molar-refractivity contribution in [2.75, 3.05) is 49.1 Å². The summed E-state index contributed by atoms with van der Waals surface area (Å²) in [6, 6.07) is 2.08. The lowest BCUT2D eigenvalue weighted by Gasteiger charge is -2.35. The van der Waals surface area contributed by atoms with E-state index in [2.05, 4.69) is 31.2 Å². The number of rotatable bonds is 5. The van der Waals surface area contributed by atoms with Crippen molar-refractivity contribution in [2.24, 2.45) is 17.3 Å². The van der Waals surface area contributed by atoms with Crippen LogP contribution in [-0.4, -0.2) is 60.3 Å². The first-order valence-corrected chi connectivity index (χ1v) is 10.6. The molecule has 1 amide bonds. The summed E-state index contributed by atoms with van der Waals surface area (Å²) in [4.78, 5) is 25.7. The fourth-order valence-electron chi connectivity index (χ4n) is 4.05. The van der Waals surface area contributed by atoms with Crippen molar-refractivity contribution in [1.82, 2.24) is 15.3 Å². The van der Waals surface area contributed by atoms with Crippen LogP contribution >= 0.6 is 0 Å². The molecule has 3 rings (SSSR count). The molecule has 0 aromatic carbocycles. The number of carbonyl (C=O) groups excluding carboxylic acids is 1. The van der Waals surface area contributed by atoms with E-state index in [0.29, 0.717) is 11.8 Å². The Morgan fingerprint density at radius 2 is 1.68 bits per heavy atom. The molecule has 0 bridgehead atoms. The van der Waals surface area contributed by atoms with Gasteiger partial charge in [0, 0.05) is 50.8 Å². The molecule has 2 fully saturated rings. The molecule has 1 aromatic rings. The summed E-state index contributed by atoms with van der Waals surface area (Å²) in [5, 5.41) is 12.6. The second kappa shape index (κ2) is 9.07. The minimum atomic E-state index is -0.350. The maximum absolute atomic E-state index is 12.2. The van der Waals surface area contributed by atoms with Gasteiger partial charge in [-0.15, -0.1) is 0 Å². The largest absolute Gasteiger partial charge is 0.396 e. The number of piperidine rings is 2. The number of hydrogen-bond donors (Lipinski definition) is 2. The van der Waals surface area contributed by atoms with Crippen LogP contribution in [0.25, 0.3) is 0 Å². The number of carbonyl (C=O) groups is 1. The zero-order valence-corrected chi connectivity index (χ0v) is 17.5. The van der Waals surface area contributed by atoms with Gasteiger partial charge in [-0.1, -0.05) is 20.8 Å². The van der Waals surface area contributed by atoms with Crippen LogP contribution in [0.3, 0.4) is 0 Å². The van der Waals surface area contributed by atoms with E-state index in [1.807, 2.05) is 20.8 Å². The van der Waals surface area contributed by atoms with Crippen molar-refractivity contribution in [1.29, 1.82) is 0 Å². The van der Waals surface area contributed by atoms with E-state index in [9.17, 15) is 9.90 Å². The van der Waals surface area contributed by atoms with Gasteiger partial charge in [-0.25, -0.2) is 9.97 Å². The monoisotopic (exact) mass is 389 g/mol. The van der Waals surface area contributed by atoms with E-state index in [1.165, 1.54) is 0 Å². The van der Waals surface area contributed by atoms with Crippen LogP contribution in [-0.2, 0) is 4.79 Å². The minimum Gasteiger partial charge on any atom is -0.396 e. The topological polar surface area (TPSA) is 81.6 Å². The second-order valence-corrected chi connectivity index (χ2v) is 9.29. The molecule has 2 saturated heterocycles. The number of aromatic nitrogens is 2. The zero-order chi connectivity index (χ0) is 20.1. The van der Waals surface area contributed by atoms with Crippen molar-refractivity contribution in [3.05, 3.63) is 12.4 Å². The van der Waals surface area contributed by atoms with Gasteiger partial charge in [-0.05, 0) is 37.5 Å². The Labute approximate surface area is 168 Å². The van der Waals surface area contributed by atoms with Crippen molar-refractivity contribution < 1.29 is 9.90 Å². The molecule has 156 valence electrons. The Morgan fingerprint density at radius 1 is 1.11 bits per heavy atom. The lowest BCUT2D eigenvalue weighted by molar-refractivity contribution is -0.128. The Kier molecular flexibility index (Phi) is 6.75. The first kappa shape index (κ1) is 20.8. The highest BCUT2D eigenvalue weighted by atomic mass is 16.3. The Balaban J connectivity index is 1.61. The van der Waals surface area contributed by atoms with Gasteiger partial charge in [0.25, 0.3) is 0 Å². The third-order valence-electron chi connectivity index (χ3n) is 5.81. The van der Waals surface area contributed by atoms with Crippen LogP contribution < -0.4 is 15.1 Å². The summed E-state index contributed by atoms with van der Waals surface area (Å²) in [6.07, 6.45) is 6.05. The fourth-order valence-corrected chi connectivity index (χ4v) is 4.05.